The van der Waals surface area contributed by atoms with Crippen LogP contribution in [-0.2, 0) is 13.0 Å². The van der Waals surface area contributed by atoms with Crippen molar-refractivity contribution in [1.29, 1.82) is 0 Å². The number of ether oxygens (including phenoxy) is 1. The van der Waals surface area contributed by atoms with Crippen molar-refractivity contribution >= 4 is 22.5 Å². The molecule has 49 heavy (non-hydrogen) atoms. The number of rotatable bonds is 8. The van der Waals surface area contributed by atoms with Gasteiger partial charge in [0.05, 0.1) is 30.1 Å². The lowest BCUT2D eigenvalue weighted by Gasteiger charge is -2.61. The number of halogens is 2. The molecule has 1 unspecified atom stereocenters. The Bertz CT molecular complexity index is 1910. The number of pyridine rings is 1. The summed E-state index contributed by atoms with van der Waals surface area (Å²) in [6.45, 7) is 8.76. The summed E-state index contributed by atoms with van der Waals surface area (Å²) >= 11 is 0. The van der Waals surface area contributed by atoms with Crippen LogP contribution in [0.1, 0.15) is 39.2 Å². The quantitative estimate of drug-likeness (QED) is 0.177. The highest BCUT2D eigenvalue weighted by Gasteiger charge is 2.56. The zero-order valence-corrected chi connectivity index (χ0v) is 28.6. The van der Waals surface area contributed by atoms with Crippen LogP contribution >= 0.6 is 0 Å². The van der Waals surface area contributed by atoms with Gasteiger partial charge in [0.15, 0.2) is 5.96 Å². The van der Waals surface area contributed by atoms with Crippen molar-refractivity contribution in [3.63, 3.8) is 0 Å². The summed E-state index contributed by atoms with van der Waals surface area (Å²) in [5.41, 5.74) is 2.56. The fourth-order valence-corrected chi connectivity index (χ4v) is 8.21. The van der Waals surface area contributed by atoms with Crippen LogP contribution < -0.4 is 20.9 Å². The van der Waals surface area contributed by atoms with E-state index < -0.39 is 6.67 Å². The van der Waals surface area contributed by atoms with E-state index >= 15 is 0 Å². The number of nitrogens with zero attached hydrogens (tertiary/aromatic N) is 5. The van der Waals surface area contributed by atoms with E-state index in [1.165, 1.54) is 19.6 Å². The SMILES string of the molecule is COc1ccc(CCn2c(-c3cccnc3)nc3cc(NC(=NC4C[C@@H]5C[C@H]([C@@H]4C)C5(C)C)N4CCN[C@@H](CF)C4)ccc3c2=O)c(F)c1. The Kier molecular flexibility index (Phi) is 9.13. The van der Waals surface area contributed by atoms with Crippen LogP contribution in [0.15, 0.2) is 70.7 Å². The van der Waals surface area contributed by atoms with Crippen LogP contribution in [0.2, 0.25) is 0 Å². The highest BCUT2D eigenvalue weighted by Crippen LogP contribution is 2.61. The first kappa shape index (κ1) is 33.1. The van der Waals surface area contributed by atoms with Crippen LogP contribution in [0.25, 0.3) is 22.3 Å². The number of benzene rings is 2. The molecule has 3 saturated carbocycles. The molecule has 3 heterocycles. The summed E-state index contributed by atoms with van der Waals surface area (Å²) in [5, 5.41) is 7.29. The monoisotopic (exact) mass is 669 g/mol. The first-order valence-electron chi connectivity index (χ1n) is 17.3. The van der Waals surface area contributed by atoms with Crippen LogP contribution in [0.5, 0.6) is 5.75 Å². The number of aliphatic imine (C=N–C) groups is 1. The summed E-state index contributed by atoms with van der Waals surface area (Å²) in [5.74, 6) is 2.98. The standard InChI is InChI=1S/C38H45F2N7O2/c1-23-31-16-26(38(31,2)3)17-33(23)45-37(46-15-13-42-28(20-39)22-46)43-27-8-10-30-34(18-27)44-35(25-6-5-12-41-21-25)47(36(30)48)14-11-24-7-9-29(49-4)19-32(24)40/h5-10,12,18-19,21,23,26,28,31,33,42H,11,13-17,20,22H2,1-4H3,(H,43,45)/t23-,26-,28-,31+,33?/m0/s1. The number of piperazine rings is 1. The number of nitrogens with one attached hydrogen (secondary N) is 2. The van der Waals surface area contributed by atoms with Crippen LogP contribution in [-0.4, -0.2) is 70.9 Å². The topological polar surface area (TPSA) is 96.7 Å². The van der Waals surface area contributed by atoms with Crippen LogP contribution in [0.3, 0.4) is 0 Å². The Hall–Kier alpha value is -4.38. The van der Waals surface area contributed by atoms with Gasteiger partial charge in [-0.1, -0.05) is 26.8 Å². The minimum absolute atomic E-state index is 0.177. The van der Waals surface area contributed by atoms with Crippen molar-refractivity contribution in [1.82, 2.24) is 24.8 Å². The summed E-state index contributed by atoms with van der Waals surface area (Å²) in [4.78, 5) is 30.8. The van der Waals surface area contributed by atoms with Gasteiger partial charge in [0.2, 0.25) is 0 Å². The Balaban J connectivity index is 1.23. The van der Waals surface area contributed by atoms with Crippen molar-refractivity contribution in [2.45, 2.75) is 58.7 Å². The highest BCUT2D eigenvalue weighted by molar-refractivity contribution is 5.96. The van der Waals surface area contributed by atoms with Crippen molar-refractivity contribution in [2.24, 2.45) is 28.2 Å². The molecule has 1 saturated heterocycles. The Morgan fingerprint density at radius 1 is 1.18 bits per heavy atom. The van der Waals surface area contributed by atoms with E-state index in [4.69, 9.17) is 14.7 Å². The lowest BCUT2D eigenvalue weighted by molar-refractivity contribution is -0.108. The van der Waals surface area contributed by atoms with Crippen molar-refractivity contribution in [3.05, 3.63) is 82.7 Å². The maximum atomic E-state index is 14.8. The Morgan fingerprint density at radius 2 is 2.04 bits per heavy atom. The van der Waals surface area contributed by atoms with E-state index in [9.17, 15) is 13.6 Å². The number of hydrogen-bond acceptors (Lipinski definition) is 6. The zero-order chi connectivity index (χ0) is 34.3. The third-order valence-electron chi connectivity index (χ3n) is 11.3. The molecule has 2 aromatic heterocycles. The molecular formula is C38H45F2N7O2. The lowest BCUT2D eigenvalue weighted by atomic mass is 9.45. The van der Waals surface area contributed by atoms with Gasteiger partial charge in [-0.3, -0.25) is 14.3 Å². The lowest BCUT2D eigenvalue weighted by Crippen LogP contribution is -2.58. The fraction of sp³-hybridized carbons (Fsp3) is 0.474. The van der Waals surface area contributed by atoms with E-state index in [0.717, 1.165) is 18.1 Å². The molecule has 4 aromatic rings. The van der Waals surface area contributed by atoms with Gasteiger partial charge in [0, 0.05) is 55.9 Å². The molecule has 0 amide bonds. The molecule has 3 aliphatic carbocycles. The number of aryl methyl sites for hydroxylation is 1. The van der Waals surface area contributed by atoms with Gasteiger partial charge in [-0.25, -0.2) is 18.8 Å². The minimum atomic E-state index is -0.448. The number of fused-ring (bicyclic) bond motifs is 3. The molecule has 0 radical (unpaired) electrons. The maximum absolute atomic E-state index is 14.8. The third kappa shape index (κ3) is 6.40. The minimum Gasteiger partial charge on any atom is -0.497 e. The normalized spacial score (nSPS) is 24.8. The molecule has 9 nitrogen and oxygen atoms in total. The second-order valence-electron chi connectivity index (χ2n) is 14.4. The molecule has 4 aliphatic rings. The first-order valence-corrected chi connectivity index (χ1v) is 17.3. The average Bonchev–Trinajstić information content (AvgIpc) is 3.12. The fourth-order valence-electron chi connectivity index (χ4n) is 8.21. The van der Waals surface area contributed by atoms with Gasteiger partial charge >= 0.3 is 0 Å². The Morgan fingerprint density at radius 3 is 2.76 bits per heavy atom. The number of guanidine groups is 1. The van der Waals surface area contributed by atoms with Gasteiger partial charge in [-0.2, -0.15) is 0 Å². The number of hydrogen-bond donors (Lipinski definition) is 2. The summed E-state index contributed by atoms with van der Waals surface area (Å²) in [7, 11) is 1.50. The van der Waals surface area contributed by atoms with E-state index in [1.807, 2.05) is 18.2 Å². The number of alkyl halides is 1. The molecule has 258 valence electrons. The van der Waals surface area contributed by atoms with Crippen molar-refractivity contribution in [2.75, 3.05) is 38.7 Å². The molecule has 2 aromatic carbocycles. The summed E-state index contributed by atoms with van der Waals surface area (Å²) in [6.07, 6.45) is 5.95. The first-order chi connectivity index (χ1) is 23.7. The number of aromatic nitrogens is 3. The van der Waals surface area contributed by atoms with Gasteiger partial charge < -0.3 is 20.3 Å². The predicted octanol–water partition coefficient (Wildman–Crippen LogP) is 5.93. The molecule has 2 N–H and O–H groups in total. The summed E-state index contributed by atoms with van der Waals surface area (Å²) in [6, 6.07) is 13.9. The van der Waals surface area contributed by atoms with Crippen molar-refractivity contribution < 1.29 is 13.5 Å². The number of methoxy groups -OCH3 is 1. The molecule has 8 rings (SSSR count). The number of anilines is 1. The van der Waals surface area contributed by atoms with Crippen LogP contribution in [0, 0.1) is 29.0 Å². The van der Waals surface area contributed by atoms with Gasteiger partial charge in [-0.05, 0) is 84.4 Å². The van der Waals surface area contributed by atoms with E-state index in [-0.39, 0.29) is 30.0 Å². The highest BCUT2D eigenvalue weighted by atomic mass is 19.1. The smallest absolute Gasteiger partial charge is 0.261 e. The molecular weight excluding hydrogens is 624 g/mol. The predicted molar refractivity (Wildman–Crippen MR) is 189 cm³/mol. The van der Waals surface area contributed by atoms with E-state index in [1.54, 1.807) is 41.2 Å². The molecule has 1 aliphatic heterocycles. The molecule has 0 spiro atoms. The van der Waals surface area contributed by atoms with Gasteiger partial charge in [0.1, 0.15) is 24.1 Å². The Labute approximate surface area is 285 Å². The largest absolute Gasteiger partial charge is 0.497 e. The average molecular weight is 670 g/mol. The van der Waals surface area contributed by atoms with E-state index in [2.05, 4.69) is 41.3 Å². The van der Waals surface area contributed by atoms with Crippen molar-refractivity contribution in [3.8, 4) is 17.1 Å². The molecule has 11 heteroatoms. The summed E-state index contributed by atoms with van der Waals surface area (Å²) < 4.78 is 35.4. The second kappa shape index (κ2) is 13.5. The maximum Gasteiger partial charge on any atom is 0.261 e. The zero-order valence-electron chi connectivity index (χ0n) is 28.6. The van der Waals surface area contributed by atoms with Crippen LogP contribution in [0.4, 0.5) is 14.5 Å². The third-order valence-corrected chi connectivity index (χ3v) is 11.3. The second-order valence-corrected chi connectivity index (χ2v) is 14.4. The van der Waals surface area contributed by atoms with Gasteiger partial charge in [-0.15, -0.1) is 0 Å². The molecule has 5 atom stereocenters. The van der Waals surface area contributed by atoms with Gasteiger partial charge in [0.25, 0.3) is 5.56 Å². The van der Waals surface area contributed by atoms with E-state index in [0.29, 0.717) is 82.8 Å². The molecule has 2 bridgehead atoms. The molecule has 4 fully saturated rings.